The Balaban J connectivity index is 1.76. The molecule has 0 saturated carbocycles. The van der Waals surface area contributed by atoms with Crippen LogP contribution in [0.4, 0.5) is 8.78 Å². The Labute approximate surface area is 140 Å². The van der Waals surface area contributed by atoms with Gasteiger partial charge in [-0.15, -0.1) is 5.10 Å². The molecule has 1 aromatic heterocycles. The number of tetrazole rings is 1. The number of hydrogen-bond acceptors (Lipinski definition) is 4. The maximum Gasteiger partial charge on any atom is 0.251 e. The third-order valence-electron chi connectivity index (χ3n) is 3.18. The van der Waals surface area contributed by atoms with Crippen LogP contribution in [0.15, 0.2) is 42.5 Å². The lowest BCUT2D eigenvalue weighted by atomic mass is 10.2. The summed E-state index contributed by atoms with van der Waals surface area (Å²) in [6.45, 7) is -0.00264. The molecular weight excluding hydrogens is 340 g/mol. The number of benzene rings is 2. The summed E-state index contributed by atoms with van der Waals surface area (Å²) >= 11 is 5.84. The van der Waals surface area contributed by atoms with E-state index in [2.05, 4.69) is 20.8 Å². The summed E-state index contributed by atoms with van der Waals surface area (Å²) in [7, 11) is 0. The van der Waals surface area contributed by atoms with Crippen molar-refractivity contribution in [3.05, 3.63) is 70.5 Å². The van der Waals surface area contributed by atoms with Gasteiger partial charge in [-0.25, -0.2) is 8.78 Å². The third-order valence-corrected chi connectivity index (χ3v) is 3.41. The molecule has 0 atom stereocenters. The zero-order valence-electron chi connectivity index (χ0n) is 12.1. The molecule has 9 heteroatoms. The first kappa shape index (κ1) is 16.0. The number of nitrogens with one attached hydrogen (secondary N) is 1. The van der Waals surface area contributed by atoms with E-state index in [9.17, 15) is 13.6 Å². The quantitative estimate of drug-likeness (QED) is 0.785. The SMILES string of the molecule is O=C(NCc1nnnn1-c1ccc(F)c(F)c1)c1cccc(Cl)c1. The van der Waals surface area contributed by atoms with E-state index in [1.54, 1.807) is 18.2 Å². The van der Waals surface area contributed by atoms with Crippen LogP contribution < -0.4 is 5.32 Å². The van der Waals surface area contributed by atoms with Gasteiger partial charge in [-0.2, -0.15) is 4.68 Å². The smallest absolute Gasteiger partial charge is 0.251 e. The van der Waals surface area contributed by atoms with Crippen LogP contribution >= 0.6 is 11.6 Å². The highest BCUT2D eigenvalue weighted by Crippen LogP contribution is 2.14. The number of nitrogens with zero attached hydrogens (tertiary/aromatic N) is 4. The van der Waals surface area contributed by atoms with Gasteiger partial charge >= 0.3 is 0 Å². The van der Waals surface area contributed by atoms with Gasteiger partial charge in [0.15, 0.2) is 17.5 Å². The highest BCUT2D eigenvalue weighted by Gasteiger charge is 2.13. The molecule has 3 aromatic rings. The summed E-state index contributed by atoms with van der Waals surface area (Å²) in [5, 5.41) is 14.1. The monoisotopic (exact) mass is 349 g/mol. The van der Waals surface area contributed by atoms with Crippen molar-refractivity contribution in [2.45, 2.75) is 6.54 Å². The van der Waals surface area contributed by atoms with Crippen LogP contribution in [0.5, 0.6) is 0 Å². The molecule has 24 heavy (non-hydrogen) atoms. The van der Waals surface area contributed by atoms with Crippen LogP contribution in [0.3, 0.4) is 0 Å². The van der Waals surface area contributed by atoms with Crippen molar-refractivity contribution in [1.82, 2.24) is 25.5 Å². The predicted octanol–water partition coefficient (Wildman–Crippen LogP) is 2.52. The highest BCUT2D eigenvalue weighted by molar-refractivity contribution is 6.30. The van der Waals surface area contributed by atoms with E-state index >= 15 is 0 Å². The fraction of sp³-hybridized carbons (Fsp3) is 0.0667. The van der Waals surface area contributed by atoms with Gasteiger partial charge < -0.3 is 5.32 Å². The van der Waals surface area contributed by atoms with Gasteiger partial charge in [0, 0.05) is 16.7 Å². The molecule has 6 nitrogen and oxygen atoms in total. The highest BCUT2D eigenvalue weighted by atomic mass is 35.5. The molecular formula is C15H10ClF2N5O. The van der Waals surface area contributed by atoms with E-state index in [0.29, 0.717) is 10.6 Å². The van der Waals surface area contributed by atoms with Gasteiger partial charge in [0.1, 0.15) is 0 Å². The van der Waals surface area contributed by atoms with Crippen molar-refractivity contribution in [2.75, 3.05) is 0 Å². The van der Waals surface area contributed by atoms with Gasteiger partial charge in [0.25, 0.3) is 5.91 Å². The zero-order valence-corrected chi connectivity index (χ0v) is 12.8. The molecule has 0 aliphatic carbocycles. The second-order valence-electron chi connectivity index (χ2n) is 4.80. The first-order valence-electron chi connectivity index (χ1n) is 6.81. The second kappa shape index (κ2) is 6.71. The van der Waals surface area contributed by atoms with Crippen molar-refractivity contribution in [1.29, 1.82) is 0 Å². The van der Waals surface area contributed by atoms with Crippen LogP contribution in [-0.2, 0) is 6.54 Å². The van der Waals surface area contributed by atoms with Crippen LogP contribution in [0.2, 0.25) is 5.02 Å². The van der Waals surface area contributed by atoms with E-state index in [4.69, 9.17) is 11.6 Å². The maximum absolute atomic E-state index is 13.3. The minimum atomic E-state index is -1.02. The van der Waals surface area contributed by atoms with Gasteiger partial charge in [-0.3, -0.25) is 4.79 Å². The largest absolute Gasteiger partial charge is 0.345 e. The van der Waals surface area contributed by atoms with E-state index in [1.807, 2.05) is 0 Å². The van der Waals surface area contributed by atoms with Gasteiger partial charge in [-0.05, 0) is 40.8 Å². The summed E-state index contributed by atoms with van der Waals surface area (Å²) < 4.78 is 27.6. The van der Waals surface area contributed by atoms with Crippen molar-refractivity contribution < 1.29 is 13.6 Å². The number of carbonyl (C=O) groups excluding carboxylic acids is 1. The Kier molecular flexibility index (Phi) is 4.48. The molecule has 122 valence electrons. The van der Waals surface area contributed by atoms with Crippen molar-refractivity contribution in [2.24, 2.45) is 0 Å². The number of aromatic nitrogens is 4. The zero-order chi connectivity index (χ0) is 17.1. The Bertz CT molecular complexity index is 899. The van der Waals surface area contributed by atoms with Crippen LogP contribution in [0.25, 0.3) is 5.69 Å². The van der Waals surface area contributed by atoms with Gasteiger partial charge in [0.2, 0.25) is 0 Å². The average Bonchev–Trinajstić information content (AvgIpc) is 3.03. The third kappa shape index (κ3) is 3.38. The Morgan fingerprint density at radius 1 is 1.17 bits per heavy atom. The first-order chi connectivity index (χ1) is 11.5. The first-order valence-corrected chi connectivity index (χ1v) is 7.19. The van der Waals surface area contributed by atoms with Crippen molar-refractivity contribution >= 4 is 17.5 Å². The number of rotatable bonds is 4. The molecule has 1 amide bonds. The summed E-state index contributed by atoms with van der Waals surface area (Å²) in [6.07, 6.45) is 0. The van der Waals surface area contributed by atoms with Crippen molar-refractivity contribution in [3.63, 3.8) is 0 Å². The van der Waals surface area contributed by atoms with Gasteiger partial charge in [0.05, 0.1) is 12.2 Å². The molecule has 0 saturated heterocycles. The Morgan fingerprint density at radius 3 is 2.75 bits per heavy atom. The summed E-state index contributed by atoms with van der Waals surface area (Å²) in [4.78, 5) is 12.1. The fourth-order valence-corrected chi connectivity index (χ4v) is 2.21. The standard InChI is InChI=1S/C15H10ClF2N5O/c16-10-3-1-2-9(6-10)15(24)19-8-14-20-21-22-23(14)11-4-5-12(17)13(18)7-11/h1-7H,8H2,(H,19,24). The molecule has 0 spiro atoms. The normalized spacial score (nSPS) is 10.6. The molecule has 3 rings (SSSR count). The van der Waals surface area contributed by atoms with Crippen molar-refractivity contribution in [3.8, 4) is 5.69 Å². The summed E-state index contributed by atoms with van der Waals surface area (Å²) in [5.41, 5.74) is 0.625. The van der Waals surface area contributed by atoms with E-state index < -0.39 is 11.6 Å². The lowest BCUT2D eigenvalue weighted by molar-refractivity contribution is 0.0949. The molecule has 0 bridgehead atoms. The molecule has 0 unspecified atom stereocenters. The lowest BCUT2D eigenvalue weighted by Gasteiger charge is -2.07. The molecule has 0 radical (unpaired) electrons. The number of hydrogen-bond donors (Lipinski definition) is 1. The predicted molar refractivity (Wildman–Crippen MR) is 81.7 cm³/mol. The summed E-state index contributed by atoms with van der Waals surface area (Å²) in [6, 6.07) is 9.71. The van der Waals surface area contributed by atoms with Gasteiger partial charge in [-0.1, -0.05) is 17.7 Å². The van der Waals surface area contributed by atoms with E-state index in [0.717, 1.165) is 12.1 Å². The Morgan fingerprint density at radius 2 is 2.00 bits per heavy atom. The number of amides is 1. The Hall–Kier alpha value is -2.87. The molecule has 1 N–H and O–H groups in total. The minimum Gasteiger partial charge on any atom is -0.345 e. The van der Waals surface area contributed by atoms with E-state index in [-0.39, 0.29) is 24.0 Å². The number of halogens is 3. The van der Waals surface area contributed by atoms with Crippen LogP contribution in [-0.4, -0.2) is 26.1 Å². The van der Waals surface area contributed by atoms with Crippen LogP contribution in [0.1, 0.15) is 16.2 Å². The molecule has 2 aromatic carbocycles. The topological polar surface area (TPSA) is 72.7 Å². The molecule has 0 aliphatic heterocycles. The average molecular weight is 350 g/mol. The fourth-order valence-electron chi connectivity index (χ4n) is 2.02. The molecule has 0 fully saturated rings. The molecule has 1 heterocycles. The van der Waals surface area contributed by atoms with E-state index in [1.165, 1.54) is 16.8 Å². The lowest BCUT2D eigenvalue weighted by Crippen LogP contribution is -2.24. The maximum atomic E-state index is 13.3. The second-order valence-corrected chi connectivity index (χ2v) is 5.23. The van der Waals surface area contributed by atoms with Crippen LogP contribution in [0, 0.1) is 11.6 Å². The minimum absolute atomic E-state index is 0.00264. The number of carbonyl (C=O) groups is 1. The summed E-state index contributed by atoms with van der Waals surface area (Å²) in [5.74, 6) is -2.09. The molecule has 0 aliphatic rings.